The molecule has 1 aliphatic heterocycles. The Kier molecular flexibility index (Phi) is 7.00. The van der Waals surface area contributed by atoms with Crippen molar-refractivity contribution in [2.75, 3.05) is 18.5 Å². The summed E-state index contributed by atoms with van der Waals surface area (Å²) in [6, 6.07) is 9.90. The van der Waals surface area contributed by atoms with E-state index >= 15 is 0 Å². The van der Waals surface area contributed by atoms with E-state index < -0.39 is 18.5 Å². The maximum Gasteiger partial charge on any atom is 0.311 e. The number of carbonyl (C=O) groups is 4. The van der Waals surface area contributed by atoms with Crippen LogP contribution in [0.4, 0.5) is 5.69 Å². The van der Waals surface area contributed by atoms with E-state index in [1.54, 1.807) is 36.4 Å². The number of ketones is 1. The van der Waals surface area contributed by atoms with Crippen molar-refractivity contribution in [3.8, 4) is 0 Å². The fourth-order valence-electron chi connectivity index (χ4n) is 3.20. The number of anilines is 1. The summed E-state index contributed by atoms with van der Waals surface area (Å²) in [5, 5.41) is 2.74. The zero-order valence-corrected chi connectivity index (χ0v) is 16.8. The first-order valence-corrected chi connectivity index (χ1v) is 9.86. The summed E-state index contributed by atoms with van der Waals surface area (Å²) in [6.45, 7) is 2.05. The molecule has 3 rings (SSSR count). The molecule has 0 unspecified atom stereocenters. The smallest absolute Gasteiger partial charge is 0.311 e. The van der Waals surface area contributed by atoms with Gasteiger partial charge >= 0.3 is 5.97 Å². The van der Waals surface area contributed by atoms with Crippen LogP contribution in [0, 0.1) is 5.92 Å². The van der Waals surface area contributed by atoms with Crippen LogP contribution in [0.2, 0.25) is 0 Å². The highest BCUT2D eigenvalue weighted by Crippen LogP contribution is 2.22. The standard InChI is InChI=1S/C22H24N2O6/c1-2-4-20(26)23-17-8-6-15(7-9-17)19(25)14-30-22(28)16-11-21(27)24(12-16)13-18-5-3-10-29-18/h3,5-10,16H,2,4,11-14H2,1H3,(H,23,26)/t16-/m1/s1. The van der Waals surface area contributed by atoms with Gasteiger partial charge in [-0.1, -0.05) is 6.92 Å². The van der Waals surface area contributed by atoms with Gasteiger partial charge < -0.3 is 19.4 Å². The van der Waals surface area contributed by atoms with Crippen molar-refractivity contribution < 1.29 is 28.3 Å². The second-order valence-corrected chi connectivity index (χ2v) is 7.16. The highest BCUT2D eigenvalue weighted by Gasteiger charge is 2.35. The van der Waals surface area contributed by atoms with Gasteiger partial charge in [0.25, 0.3) is 0 Å². The van der Waals surface area contributed by atoms with Crippen molar-refractivity contribution in [1.29, 1.82) is 0 Å². The van der Waals surface area contributed by atoms with Gasteiger partial charge in [-0.2, -0.15) is 0 Å². The van der Waals surface area contributed by atoms with Crippen LogP contribution < -0.4 is 5.32 Å². The zero-order chi connectivity index (χ0) is 21.5. The lowest BCUT2D eigenvalue weighted by Gasteiger charge is -2.14. The van der Waals surface area contributed by atoms with E-state index in [1.807, 2.05) is 6.92 Å². The van der Waals surface area contributed by atoms with Crippen molar-refractivity contribution >= 4 is 29.3 Å². The van der Waals surface area contributed by atoms with Gasteiger partial charge in [0.15, 0.2) is 12.4 Å². The van der Waals surface area contributed by atoms with E-state index in [0.717, 1.165) is 6.42 Å². The van der Waals surface area contributed by atoms with Gasteiger partial charge in [-0.15, -0.1) is 0 Å². The number of rotatable bonds is 9. The first kappa shape index (κ1) is 21.3. The third kappa shape index (κ3) is 5.56. The number of benzene rings is 1. The largest absolute Gasteiger partial charge is 0.467 e. The van der Waals surface area contributed by atoms with Crippen molar-refractivity contribution in [2.24, 2.45) is 5.92 Å². The Balaban J connectivity index is 1.46. The second kappa shape index (κ2) is 9.87. The quantitative estimate of drug-likeness (QED) is 0.501. The van der Waals surface area contributed by atoms with E-state index in [0.29, 0.717) is 30.0 Å². The average Bonchev–Trinajstić information content (AvgIpc) is 3.37. The molecular formula is C22H24N2O6. The third-order valence-electron chi connectivity index (χ3n) is 4.79. The van der Waals surface area contributed by atoms with Crippen LogP contribution >= 0.6 is 0 Å². The predicted octanol–water partition coefficient (Wildman–Crippen LogP) is 2.79. The first-order valence-electron chi connectivity index (χ1n) is 9.86. The normalized spacial score (nSPS) is 15.8. The molecule has 1 aliphatic rings. The molecule has 2 heterocycles. The van der Waals surface area contributed by atoms with Crippen LogP contribution in [0.1, 0.15) is 42.3 Å². The van der Waals surface area contributed by atoms with Gasteiger partial charge in [0.2, 0.25) is 11.8 Å². The van der Waals surface area contributed by atoms with Crippen molar-refractivity contribution in [2.45, 2.75) is 32.7 Å². The summed E-state index contributed by atoms with van der Waals surface area (Å²) in [4.78, 5) is 49.8. The average molecular weight is 412 g/mol. The Hall–Kier alpha value is -3.42. The zero-order valence-electron chi connectivity index (χ0n) is 16.8. The molecule has 30 heavy (non-hydrogen) atoms. The molecule has 0 spiro atoms. The van der Waals surface area contributed by atoms with Crippen molar-refractivity contribution in [3.63, 3.8) is 0 Å². The number of ether oxygens (including phenoxy) is 1. The topological polar surface area (TPSA) is 106 Å². The Morgan fingerprint density at radius 2 is 1.97 bits per heavy atom. The number of hydrogen-bond acceptors (Lipinski definition) is 6. The van der Waals surface area contributed by atoms with E-state index in [4.69, 9.17) is 9.15 Å². The highest BCUT2D eigenvalue weighted by molar-refractivity contribution is 5.99. The lowest BCUT2D eigenvalue weighted by molar-refractivity contribution is -0.147. The number of esters is 1. The molecule has 8 nitrogen and oxygen atoms in total. The van der Waals surface area contributed by atoms with Gasteiger partial charge in [0.05, 0.1) is 18.7 Å². The molecule has 0 radical (unpaired) electrons. The van der Waals surface area contributed by atoms with Crippen molar-refractivity contribution in [1.82, 2.24) is 4.90 Å². The maximum atomic E-state index is 12.3. The predicted molar refractivity (Wildman–Crippen MR) is 108 cm³/mol. The molecule has 1 aromatic carbocycles. The summed E-state index contributed by atoms with van der Waals surface area (Å²) in [5.74, 6) is -1.12. The highest BCUT2D eigenvalue weighted by atomic mass is 16.5. The van der Waals surface area contributed by atoms with Gasteiger partial charge in [0, 0.05) is 30.6 Å². The van der Waals surface area contributed by atoms with Gasteiger partial charge in [-0.25, -0.2) is 0 Å². The first-order chi connectivity index (χ1) is 14.5. The molecule has 1 atom stereocenters. The van der Waals surface area contributed by atoms with Crippen LogP contribution in [0.3, 0.4) is 0 Å². The number of hydrogen-bond donors (Lipinski definition) is 1. The molecule has 2 amide bonds. The Labute approximate surface area is 174 Å². The fourth-order valence-corrected chi connectivity index (χ4v) is 3.20. The van der Waals surface area contributed by atoms with Gasteiger partial charge in [-0.05, 0) is 42.8 Å². The molecule has 1 N–H and O–H groups in total. The van der Waals surface area contributed by atoms with Crippen LogP contribution in [0.15, 0.2) is 47.1 Å². The summed E-state index contributed by atoms with van der Waals surface area (Å²) in [5.41, 5.74) is 0.973. The Morgan fingerprint density at radius 3 is 2.63 bits per heavy atom. The number of nitrogens with one attached hydrogen (secondary N) is 1. The molecule has 1 fully saturated rings. The minimum Gasteiger partial charge on any atom is -0.467 e. The molecule has 158 valence electrons. The lowest BCUT2D eigenvalue weighted by atomic mass is 10.1. The second-order valence-electron chi connectivity index (χ2n) is 7.16. The Morgan fingerprint density at radius 1 is 1.20 bits per heavy atom. The summed E-state index contributed by atoms with van der Waals surface area (Å²) < 4.78 is 10.4. The number of nitrogens with zero attached hydrogens (tertiary/aromatic N) is 1. The van der Waals surface area contributed by atoms with E-state index in [1.165, 1.54) is 11.2 Å². The van der Waals surface area contributed by atoms with E-state index in [9.17, 15) is 19.2 Å². The van der Waals surface area contributed by atoms with Gasteiger partial charge in [0.1, 0.15) is 5.76 Å². The van der Waals surface area contributed by atoms with Crippen LogP contribution in [0.5, 0.6) is 0 Å². The van der Waals surface area contributed by atoms with E-state index in [2.05, 4.69) is 5.32 Å². The number of amides is 2. The molecule has 2 aromatic rings. The molecule has 0 saturated carbocycles. The van der Waals surface area contributed by atoms with E-state index in [-0.39, 0.29) is 30.6 Å². The van der Waals surface area contributed by atoms with Gasteiger partial charge in [-0.3, -0.25) is 19.2 Å². The molecule has 1 saturated heterocycles. The third-order valence-corrected chi connectivity index (χ3v) is 4.79. The minimum absolute atomic E-state index is 0.0554. The summed E-state index contributed by atoms with van der Waals surface area (Å²) >= 11 is 0. The Bertz CT molecular complexity index is 904. The monoisotopic (exact) mass is 412 g/mol. The molecule has 0 bridgehead atoms. The lowest BCUT2D eigenvalue weighted by Crippen LogP contribution is -2.27. The summed E-state index contributed by atoms with van der Waals surface area (Å²) in [6.07, 6.45) is 2.76. The molecular weight excluding hydrogens is 388 g/mol. The van der Waals surface area contributed by atoms with Crippen LogP contribution in [-0.4, -0.2) is 41.6 Å². The van der Waals surface area contributed by atoms with Crippen molar-refractivity contribution in [3.05, 3.63) is 54.0 Å². The number of Topliss-reactive ketones (excluding diaryl/α,β-unsaturated/α-hetero) is 1. The minimum atomic E-state index is -0.601. The number of likely N-dealkylation sites (tertiary alicyclic amines) is 1. The molecule has 0 aliphatic carbocycles. The molecule has 8 heteroatoms. The molecule has 1 aromatic heterocycles. The maximum absolute atomic E-state index is 12.3. The SMILES string of the molecule is CCCC(=O)Nc1ccc(C(=O)COC(=O)[C@@H]2CC(=O)N(Cc3ccco3)C2)cc1. The number of carbonyl (C=O) groups excluding carboxylic acids is 4. The van der Waals surface area contributed by atoms with Crippen LogP contribution in [-0.2, 0) is 25.7 Å². The van der Waals surface area contributed by atoms with Crippen LogP contribution in [0.25, 0.3) is 0 Å². The number of furan rings is 1. The summed E-state index contributed by atoms with van der Waals surface area (Å²) in [7, 11) is 0. The fraction of sp³-hybridized carbons (Fsp3) is 0.364.